The zero-order valence-electron chi connectivity index (χ0n) is 8.23. The topological polar surface area (TPSA) is 65.2 Å². The summed E-state index contributed by atoms with van der Waals surface area (Å²) in [5.74, 6) is -0.0364. The number of Topliss-reactive ketones (excluding diaryl/α,β-unsaturated/α-hetero) is 1. The molecule has 0 aromatic carbocycles. The average Bonchev–Trinajstić information content (AvgIpc) is 2.78. The van der Waals surface area contributed by atoms with Gasteiger partial charge in [0.25, 0.3) is 0 Å². The van der Waals surface area contributed by atoms with Crippen molar-refractivity contribution in [1.29, 1.82) is 0 Å². The molecule has 4 nitrogen and oxygen atoms in total. The molecule has 5 heteroatoms. The maximum atomic E-state index is 11.9. The van der Waals surface area contributed by atoms with Gasteiger partial charge in [-0.15, -0.1) is 11.3 Å². The molecule has 0 radical (unpaired) electrons. The van der Waals surface area contributed by atoms with Gasteiger partial charge in [-0.25, -0.2) is 4.98 Å². The Morgan fingerprint density at radius 2 is 2.53 bits per heavy atom. The number of ether oxygens (including phenoxy) is 1. The van der Waals surface area contributed by atoms with Crippen molar-refractivity contribution in [2.75, 3.05) is 6.61 Å². The van der Waals surface area contributed by atoms with Gasteiger partial charge in [0.1, 0.15) is 10.7 Å². The summed E-state index contributed by atoms with van der Waals surface area (Å²) in [5, 5.41) is 2.54. The van der Waals surface area contributed by atoms with Gasteiger partial charge in [-0.1, -0.05) is 0 Å². The number of hydrogen-bond donors (Lipinski definition) is 1. The molecule has 0 aliphatic carbocycles. The van der Waals surface area contributed by atoms with Crippen molar-refractivity contribution in [3.05, 3.63) is 27.9 Å². The number of thiazole rings is 1. The molecule has 0 saturated heterocycles. The molecule has 80 valence electrons. The predicted octanol–water partition coefficient (Wildman–Crippen LogP) is 1.48. The highest BCUT2D eigenvalue weighted by molar-refractivity contribution is 7.09. The SMILES string of the molecule is NCc1nc(C(=O)C2=COCCC2)cs1. The molecular weight excluding hydrogens is 212 g/mol. The van der Waals surface area contributed by atoms with E-state index < -0.39 is 0 Å². The molecular formula is C10H12N2O2S. The Labute approximate surface area is 91.8 Å². The monoisotopic (exact) mass is 224 g/mol. The number of hydrogen-bond acceptors (Lipinski definition) is 5. The molecule has 0 spiro atoms. The minimum atomic E-state index is -0.0364. The maximum Gasteiger partial charge on any atom is 0.211 e. The second-order valence-corrected chi connectivity index (χ2v) is 4.22. The zero-order chi connectivity index (χ0) is 10.7. The van der Waals surface area contributed by atoms with E-state index in [1.54, 1.807) is 11.6 Å². The van der Waals surface area contributed by atoms with E-state index >= 15 is 0 Å². The molecule has 1 aromatic rings. The first-order valence-electron chi connectivity index (χ1n) is 4.81. The van der Waals surface area contributed by atoms with Gasteiger partial charge in [0, 0.05) is 17.5 Å². The molecule has 0 unspecified atom stereocenters. The lowest BCUT2D eigenvalue weighted by molar-refractivity contribution is 0.101. The Morgan fingerprint density at radius 3 is 3.13 bits per heavy atom. The third-order valence-corrected chi connectivity index (χ3v) is 3.06. The Bertz CT molecular complexity index is 398. The van der Waals surface area contributed by atoms with E-state index in [4.69, 9.17) is 10.5 Å². The molecule has 1 aliphatic rings. The summed E-state index contributed by atoms with van der Waals surface area (Å²) in [6, 6.07) is 0. The quantitative estimate of drug-likeness (QED) is 0.790. The molecule has 2 N–H and O–H groups in total. The third kappa shape index (κ3) is 2.24. The molecule has 15 heavy (non-hydrogen) atoms. The summed E-state index contributed by atoms with van der Waals surface area (Å²) in [7, 11) is 0. The lowest BCUT2D eigenvalue weighted by atomic mass is 10.0. The van der Waals surface area contributed by atoms with Crippen LogP contribution in [0.3, 0.4) is 0 Å². The Kier molecular flexibility index (Phi) is 3.13. The normalized spacial score (nSPS) is 15.7. The molecule has 2 heterocycles. The van der Waals surface area contributed by atoms with Crippen LogP contribution < -0.4 is 5.73 Å². The summed E-state index contributed by atoms with van der Waals surface area (Å²) < 4.78 is 5.13. The Morgan fingerprint density at radius 1 is 1.67 bits per heavy atom. The van der Waals surface area contributed by atoms with Crippen molar-refractivity contribution >= 4 is 17.1 Å². The van der Waals surface area contributed by atoms with Crippen molar-refractivity contribution in [3.63, 3.8) is 0 Å². The largest absolute Gasteiger partial charge is 0.501 e. The standard InChI is InChI=1S/C10H12N2O2S/c11-4-9-12-8(6-15-9)10(13)7-2-1-3-14-5-7/h5-6H,1-4,11H2. The lowest BCUT2D eigenvalue weighted by Gasteiger charge is -2.11. The number of nitrogens with zero attached hydrogens (tertiary/aromatic N) is 1. The van der Waals surface area contributed by atoms with Crippen LogP contribution in [0.4, 0.5) is 0 Å². The van der Waals surface area contributed by atoms with Crippen LogP contribution in [0, 0.1) is 0 Å². The molecule has 1 aliphatic heterocycles. The fourth-order valence-electron chi connectivity index (χ4n) is 1.40. The molecule has 2 rings (SSSR count). The fourth-order valence-corrected chi connectivity index (χ4v) is 2.06. The van der Waals surface area contributed by atoms with Crippen LogP contribution in [-0.4, -0.2) is 17.4 Å². The number of carbonyl (C=O) groups is 1. The maximum absolute atomic E-state index is 11.9. The van der Waals surface area contributed by atoms with Gasteiger partial charge in [0.2, 0.25) is 5.78 Å². The second kappa shape index (κ2) is 4.55. The van der Waals surface area contributed by atoms with Gasteiger partial charge in [-0.3, -0.25) is 4.79 Å². The highest BCUT2D eigenvalue weighted by Gasteiger charge is 2.17. The van der Waals surface area contributed by atoms with Gasteiger partial charge in [-0.05, 0) is 12.8 Å². The molecule has 0 saturated carbocycles. The van der Waals surface area contributed by atoms with Crippen LogP contribution >= 0.6 is 11.3 Å². The molecule has 0 fully saturated rings. The van der Waals surface area contributed by atoms with Crippen molar-refractivity contribution in [1.82, 2.24) is 4.98 Å². The van der Waals surface area contributed by atoms with E-state index in [0.717, 1.165) is 17.8 Å². The minimum Gasteiger partial charge on any atom is -0.501 e. The highest BCUT2D eigenvalue weighted by Crippen LogP contribution is 2.18. The van der Waals surface area contributed by atoms with Crippen LogP contribution in [-0.2, 0) is 11.3 Å². The van der Waals surface area contributed by atoms with Gasteiger partial charge in [-0.2, -0.15) is 0 Å². The first kappa shape index (κ1) is 10.3. The Balaban J connectivity index is 2.16. The van der Waals surface area contributed by atoms with Crippen LogP contribution in [0.5, 0.6) is 0 Å². The van der Waals surface area contributed by atoms with Crippen LogP contribution in [0.2, 0.25) is 0 Å². The summed E-state index contributed by atoms with van der Waals surface area (Å²) in [6.45, 7) is 1.08. The Hall–Kier alpha value is -1.20. The average molecular weight is 224 g/mol. The van der Waals surface area contributed by atoms with Crippen LogP contribution in [0.1, 0.15) is 28.3 Å². The summed E-state index contributed by atoms with van der Waals surface area (Å²) in [5.41, 5.74) is 6.63. The zero-order valence-corrected chi connectivity index (χ0v) is 9.05. The number of aromatic nitrogens is 1. The molecule has 1 aromatic heterocycles. The van der Waals surface area contributed by atoms with Crippen LogP contribution in [0.25, 0.3) is 0 Å². The van der Waals surface area contributed by atoms with E-state index in [1.165, 1.54) is 11.3 Å². The van der Waals surface area contributed by atoms with Gasteiger partial charge in [0.05, 0.1) is 12.9 Å². The smallest absolute Gasteiger partial charge is 0.211 e. The number of ketones is 1. The van der Waals surface area contributed by atoms with E-state index in [0.29, 0.717) is 24.4 Å². The van der Waals surface area contributed by atoms with Crippen molar-refractivity contribution in [2.24, 2.45) is 5.73 Å². The van der Waals surface area contributed by atoms with Gasteiger partial charge < -0.3 is 10.5 Å². The lowest BCUT2D eigenvalue weighted by Crippen LogP contribution is -2.10. The van der Waals surface area contributed by atoms with Gasteiger partial charge >= 0.3 is 0 Å². The van der Waals surface area contributed by atoms with Crippen molar-refractivity contribution in [2.45, 2.75) is 19.4 Å². The summed E-state index contributed by atoms with van der Waals surface area (Å²) in [4.78, 5) is 16.0. The third-order valence-electron chi connectivity index (χ3n) is 2.18. The molecule has 0 amide bonds. The number of allylic oxidation sites excluding steroid dienone is 1. The van der Waals surface area contributed by atoms with E-state index in [9.17, 15) is 4.79 Å². The first-order valence-corrected chi connectivity index (χ1v) is 5.69. The second-order valence-electron chi connectivity index (χ2n) is 3.28. The molecule has 0 bridgehead atoms. The van der Waals surface area contributed by atoms with Gasteiger partial charge in [0.15, 0.2) is 0 Å². The fraction of sp³-hybridized carbons (Fsp3) is 0.400. The predicted molar refractivity (Wildman–Crippen MR) is 57.6 cm³/mol. The van der Waals surface area contributed by atoms with E-state index in [1.807, 2.05) is 0 Å². The number of carbonyl (C=O) groups excluding carboxylic acids is 1. The van der Waals surface area contributed by atoms with E-state index in [-0.39, 0.29) is 5.78 Å². The summed E-state index contributed by atoms with van der Waals surface area (Å²) >= 11 is 1.42. The molecule has 0 atom stereocenters. The summed E-state index contributed by atoms with van der Waals surface area (Å²) in [6.07, 6.45) is 3.22. The number of nitrogens with two attached hydrogens (primary N) is 1. The first-order chi connectivity index (χ1) is 7.31. The van der Waals surface area contributed by atoms with Crippen molar-refractivity contribution < 1.29 is 9.53 Å². The minimum absolute atomic E-state index is 0.0364. The van der Waals surface area contributed by atoms with Crippen molar-refractivity contribution in [3.8, 4) is 0 Å². The van der Waals surface area contributed by atoms with Crippen LogP contribution in [0.15, 0.2) is 17.2 Å². The highest BCUT2D eigenvalue weighted by atomic mass is 32.1. The van der Waals surface area contributed by atoms with E-state index in [2.05, 4.69) is 4.98 Å². The number of rotatable bonds is 3.